The summed E-state index contributed by atoms with van der Waals surface area (Å²) in [6.07, 6.45) is -5.62. The van der Waals surface area contributed by atoms with Crippen molar-refractivity contribution in [2.24, 2.45) is 11.0 Å². The maximum Gasteiger partial charge on any atom is 0.462 e. The number of nitrogens with zero attached hydrogens (tertiary/aromatic N) is 1. The van der Waals surface area contributed by atoms with E-state index in [0.29, 0.717) is 22.3 Å². The predicted octanol–water partition coefficient (Wildman–Crippen LogP) is 6.30. The third-order valence-corrected chi connectivity index (χ3v) is 5.15. The minimum Gasteiger partial charge on any atom is -0.242 e. The van der Waals surface area contributed by atoms with Crippen molar-refractivity contribution in [3.63, 3.8) is 0 Å². The van der Waals surface area contributed by atoms with Crippen LogP contribution in [0.4, 0.5) is 30.7 Å². The van der Waals surface area contributed by atoms with Gasteiger partial charge in [-0.2, -0.15) is 35.8 Å². The van der Waals surface area contributed by atoms with Gasteiger partial charge in [-0.1, -0.05) is 44.2 Å². The second-order valence-corrected chi connectivity index (χ2v) is 7.48. The summed E-state index contributed by atoms with van der Waals surface area (Å²) in [6, 6.07) is 4.61. The summed E-state index contributed by atoms with van der Waals surface area (Å²) < 4.78 is 88.7. The first-order chi connectivity index (χ1) is 12.9. The zero-order valence-electron chi connectivity index (χ0n) is 14.8. The molecule has 0 unspecified atom stereocenters. The number of hydrogen-bond acceptors (Lipinski definition) is 3. The van der Waals surface area contributed by atoms with Crippen molar-refractivity contribution in [2.75, 3.05) is 5.75 Å². The van der Waals surface area contributed by atoms with Crippen LogP contribution in [0, 0.1) is 5.92 Å². The largest absolute Gasteiger partial charge is 0.462 e. The van der Waals surface area contributed by atoms with Crippen LogP contribution in [0.2, 0.25) is 0 Å². The Morgan fingerprint density at radius 3 is 2.14 bits per heavy atom. The average molecular weight is 426 g/mol. The Bertz CT molecular complexity index is 847. The number of benzene rings is 2. The first-order valence-corrected chi connectivity index (χ1v) is 9.12. The number of thioether (sulfide) groups is 1. The third-order valence-electron chi connectivity index (χ3n) is 3.65. The van der Waals surface area contributed by atoms with Crippen LogP contribution >= 0.6 is 11.8 Å². The monoisotopic (exact) mass is 426 g/mol. The van der Waals surface area contributed by atoms with Crippen LogP contribution in [0.15, 0.2) is 46.4 Å². The van der Waals surface area contributed by atoms with Crippen LogP contribution < -0.4 is 5.43 Å². The maximum atomic E-state index is 13.3. The van der Waals surface area contributed by atoms with E-state index in [-0.39, 0.29) is 0 Å². The van der Waals surface area contributed by atoms with Gasteiger partial charge in [0.25, 0.3) is 0 Å². The molecule has 0 atom stereocenters. The molecule has 0 amide bonds. The number of halogens is 7. The van der Waals surface area contributed by atoms with Crippen LogP contribution in [0.25, 0.3) is 10.8 Å². The SMILES string of the molecule is CC(C)CSc1ccc(/C=N/NC(F)(F)C(F)(F)C(F)(F)F)c2ccccc12. The van der Waals surface area contributed by atoms with E-state index in [2.05, 4.69) is 18.9 Å². The minimum atomic E-state index is -6.42. The highest BCUT2D eigenvalue weighted by Crippen LogP contribution is 2.45. The first kappa shape index (κ1) is 22.3. The lowest BCUT2D eigenvalue weighted by Gasteiger charge is -2.27. The molecule has 0 saturated heterocycles. The number of alkyl halides is 7. The van der Waals surface area contributed by atoms with E-state index in [1.165, 1.54) is 6.07 Å². The molecular weight excluding hydrogens is 409 g/mol. The molecule has 10 heteroatoms. The van der Waals surface area contributed by atoms with Crippen LogP contribution in [0.1, 0.15) is 19.4 Å². The van der Waals surface area contributed by atoms with Crippen molar-refractivity contribution in [3.05, 3.63) is 42.0 Å². The zero-order valence-corrected chi connectivity index (χ0v) is 15.6. The summed E-state index contributed by atoms with van der Waals surface area (Å²) in [7, 11) is 0. The highest BCUT2D eigenvalue weighted by atomic mass is 32.2. The van der Waals surface area contributed by atoms with Gasteiger partial charge in [0.05, 0.1) is 6.21 Å². The fourth-order valence-electron chi connectivity index (χ4n) is 2.22. The summed E-state index contributed by atoms with van der Waals surface area (Å²) in [5.41, 5.74) is 0.929. The van der Waals surface area contributed by atoms with Gasteiger partial charge < -0.3 is 0 Å². The number of fused-ring (bicyclic) bond motifs is 1. The lowest BCUT2D eigenvalue weighted by molar-refractivity contribution is -0.361. The molecule has 0 fully saturated rings. The number of hydrogen-bond donors (Lipinski definition) is 1. The minimum absolute atomic E-state index is 0.295. The molecule has 0 aliphatic heterocycles. The van der Waals surface area contributed by atoms with E-state index in [0.717, 1.165) is 22.2 Å². The van der Waals surface area contributed by atoms with Crippen molar-refractivity contribution in [3.8, 4) is 0 Å². The fourth-order valence-corrected chi connectivity index (χ4v) is 3.23. The molecule has 0 aromatic heterocycles. The molecule has 0 bridgehead atoms. The first-order valence-electron chi connectivity index (χ1n) is 8.14. The summed E-state index contributed by atoms with van der Waals surface area (Å²) >= 11 is 1.60. The number of hydrazone groups is 1. The summed E-state index contributed by atoms with van der Waals surface area (Å²) in [5, 5.41) is 4.34. The van der Waals surface area contributed by atoms with Gasteiger partial charge in [-0.3, -0.25) is 0 Å². The van der Waals surface area contributed by atoms with Crippen LogP contribution in [-0.2, 0) is 0 Å². The van der Waals surface area contributed by atoms with Crippen molar-refractivity contribution in [1.82, 2.24) is 5.43 Å². The molecule has 28 heavy (non-hydrogen) atoms. The van der Waals surface area contributed by atoms with Gasteiger partial charge in [-0.15, -0.1) is 11.8 Å². The molecule has 2 aromatic rings. The highest BCUT2D eigenvalue weighted by molar-refractivity contribution is 7.99. The van der Waals surface area contributed by atoms with E-state index in [1.54, 1.807) is 42.1 Å². The fraction of sp³-hybridized carbons (Fsp3) is 0.389. The van der Waals surface area contributed by atoms with Gasteiger partial charge in [0.1, 0.15) is 0 Å². The molecule has 2 nitrogen and oxygen atoms in total. The molecule has 2 rings (SSSR count). The van der Waals surface area contributed by atoms with Crippen LogP contribution in [-0.4, -0.2) is 30.1 Å². The second-order valence-electron chi connectivity index (χ2n) is 6.42. The van der Waals surface area contributed by atoms with Crippen LogP contribution in [0.3, 0.4) is 0 Å². The second kappa shape index (κ2) is 8.18. The molecule has 154 valence electrons. The Morgan fingerprint density at radius 1 is 0.964 bits per heavy atom. The summed E-state index contributed by atoms with van der Waals surface area (Å²) in [5.74, 6) is -4.99. The molecule has 0 spiro atoms. The molecule has 0 saturated carbocycles. The highest BCUT2D eigenvalue weighted by Gasteiger charge is 2.73. The molecule has 0 heterocycles. The molecule has 1 N–H and O–H groups in total. The smallest absolute Gasteiger partial charge is 0.242 e. The Kier molecular flexibility index (Phi) is 6.52. The van der Waals surface area contributed by atoms with Gasteiger partial charge >= 0.3 is 18.1 Å². The predicted molar refractivity (Wildman–Crippen MR) is 96.2 cm³/mol. The molecule has 0 radical (unpaired) electrons. The standard InChI is InChI=1S/C18H17F7N2S/c1-11(2)10-28-15-8-7-12(13-5-3-4-6-14(13)15)9-26-27-18(24,25)16(19,20)17(21,22)23/h3-9,11,27H,10H2,1-2H3/b26-9+. The maximum absolute atomic E-state index is 13.3. The Labute approximate surface area is 161 Å². The van der Waals surface area contributed by atoms with Gasteiger partial charge in [0.2, 0.25) is 0 Å². The lowest BCUT2D eigenvalue weighted by atomic mass is 10.1. The Morgan fingerprint density at radius 2 is 1.57 bits per heavy atom. The number of nitrogens with one attached hydrogen (secondary N) is 1. The van der Waals surface area contributed by atoms with E-state index in [4.69, 9.17) is 0 Å². The van der Waals surface area contributed by atoms with E-state index in [9.17, 15) is 30.7 Å². The Hall–Kier alpha value is -1.97. The van der Waals surface area contributed by atoms with Gasteiger partial charge in [-0.25, -0.2) is 5.43 Å². The van der Waals surface area contributed by atoms with Gasteiger partial charge in [0.15, 0.2) is 0 Å². The van der Waals surface area contributed by atoms with E-state index >= 15 is 0 Å². The average Bonchev–Trinajstić information content (AvgIpc) is 2.59. The third kappa shape index (κ3) is 4.71. The van der Waals surface area contributed by atoms with E-state index in [1.807, 2.05) is 0 Å². The summed E-state index contributed by atoms with van der Waals surface area (Å²) in [6.45, 7) is 4.11. The van der Waals surface area contributed by atoms with Crippen molar-refractivity contribution in [2.45, 2.75) is 36.9 Å². The van der Waals surface area contributed by atoms with Crippen molar-refractivity contribution < 1.29 is 30.7 Å². The van der Waals surface area contributed by atoms with E-state index < -0.39 is 18.1 Å². The zero-order chi connectivity index (χ0) is 21.2. The molecule has 0 aliphatic carbocycles. The molecular formula is C18H17F7N2S. The van der Waals surface area contributed by atoms with Gasteiger partial charge in [-0.05, 0) is 22.8 Å². The van der Waals surface area contributed by atoms with Crippen molar-refractivity contribution >= 4 is 28.7 Å². The quantitative estimate of drug-likeness (QED) is 0.185. The number of rotatable bonds is 7. The molecule has 2 aromatic carbocycles. The van der Waals surface area contributed by atoms with Crippen molar-refractivity contribution in [1.29, 1.82) is 0 Å². The van der Waals surface area contributed by atoms with Gasteiger partial charge in [0, 0.05) is 16.2 Å². The Balaban J connectivity index is 2.28. The summed E-state index contributed by atoms with van der Waals surface area (Å²) in [4.78, 5) is 0.934. The topological polar surface area (TPSA) is 24.4 Å². The lowest BCUT2D eigenvalue weighted by Crippen LogP contribution is -2.58. The molecule has 0 aliphatic rings. The normalized spacial score (nSPS) is 13.6. The van der Waals surface area contributed by atoms with Crippen LogP contribution in [0.5, 0.6) is 0 Å².